The van der Waals surface area contributed by atoms with E-state index in [9.17, 15) is 0 Å². The number of hydrogen-bond acceptors (Lipinski definition) is 4. The number of rotatable bonds is 1. The Balaban J connectivity index is 2.22. The normalized spacial score (nSPS) is 10.9. The molecule has 0 saturated carbocycles. The van der Waals surface area contributed by atoms with Gasteiger partial charge >= 0.3 is 0 Å². The van der Waals surface area contributed by atoms with Gasteiger partial charge in [0, 0.05) is 11.3 Å². The Morgan fingerprint density at radius 1 is 1.06 bits per heavy atom. The first-order chi connectivity index (χ1) is 8.63. The standard InChI is InChI=1S/C12H10ClN5/c13-8-2-1-6(14)5-7(8)11-16-9-3-4-10(15)17-12(9)18-11/h1-5H,14H2,(H3,15,16,17,18). The lowest BCUT2D eigenvalue weighted by molar-refractivity contribution is 1.30. The number of nitrogens with one attached hydrogen (secondary N) is 1. The molecule has 3 aromatic rings. The highest BCUT2D eigenvalue weighted by Gasteiger charge is 2.10. The number of anilines is 2. The summed E-state index contributed by atoms with van der Waals surface area (Å²) in [6, 6.07) is 8.79. The average Bonchev–Trinajstić information content (AvgIpc) is 2.74. The molecule has 0 aliphatic rings. The van der Waals surface area contributed by atoms with Gasteiger partial charge in [0.15, 0.2) is 5.65 Å². The third kappa shape index (κ3) is 1.74. The molecule has 2 heterocycles. The zero-order valence-electron chi connectivity index (χ0n) is 9.31. The lowest BCUT2D eigenvalue weighted by Gasteiger charge is -2.01. The second-order valence-electron chi connectivity index (χ2n) is 3.93. The Morgan fingerprint density at radius 3 is 2.72 bits per heavy atom. The molecule has 0 fully saturated rings. The highest BCUT2D eigenvalue weighted by Crippen LogP contribution is 2.29. The van der Waals surface area contributed by atoms with Gasteiger partial charge in [-0.05, 0) is 30.3 Å². The molecule has 18 heavy (non-hydrogen) atoms. The summed E-state index contributed by atoms with van der Waals surface area (Å²) in [5, 5.41) is 0.580. The molecular formula is C12H10ClN5. The SMILES string of the molecule is Nc1ccc(Cl)c(-c2nc3nc(N)ccc3[nH]2)c1. The Kier molecular flexibility index (Phi) is 2.34. The molecular weight excluding hydrogens is 250 g/mol. The first-order valence-corrected chi connectivity index (χ1v) is 5.69. The van der Waals surface area contributed by atoms with Gasteiger partial charge in [0.25, 0.3) is 0 Å². The number of halogens is 1. The minimum absolute atomic E-state index is 0.430. The largest absolute Gasteiger partial charge is 0.399 e. The van der Waals surface area contributed by atoms with Gasteiger partial charge < -0.3 is 16.5 Å². The fraction of sp³-hybridized carbons (Fsp3) is 0. The second kappa shape index (κ2) is 3.89. The molecule has 5 nitrogen and oxygen atoms in total. The monoisotopic (exact) mass is 259 g/mol. The minimum atomic E-state index is 0.430. The second-order valence-corrected chi connectivity index (χ2v) is 4.34. The minimum Gasteiger partial charge on any atom is -0.399 e. The van der Waals surface area contributed by atoms with Crippen molar-refractivity contribution < 1.29 is 0 Å². The highest BCUT2D eigenvalue weighted by molar-refractivity contribution is 6.33. The Bertz CT molecular complexity index is 734. The molecule has 0 radical (unpaired) electrons. The fourth-order valence-corrected chi connectivity index (χ4v) is 1.97. The van der Waals surface area contributed by atoms with E-state index in [4.69, 9.17) is 23.1 Å². The molecule has 0 amide bonds. The van der Waals surface area contributed by atoms with Crippen LogP contribution in [0.2, 0.25) is 5.02 Å². The molecule has 0 aliphatic carbocycles. The number of imidazole rings is 1. The third-order valence-electron chi connectivity index (χ3n) is 2.61. The number of nitrogens with two attached hydrogens (primary N) is 2. The molecule has 90 valence electrons. The predicted octanol–water partition coefficient (Wildman–Crippen LogP) is 2.44. The molecule has 1 aromatic carbocycles. The summed E-state index contributed by atoms with van der Waals surface area (Å²) in [4.78, 5) is 11.6. The number of H-pyrrole nitrogens is 1. The number of aromatic nitrogens is 3. The van der Waals surface area contributed by atoms with E-state index in [0.29, 0.717) is 28.0 Å². The van der Waals surface area contributed by atoms with Crippen LogP contribution in [0.5, 0.6) is 0 Å². The predicted molar refractivity (Wildman–Crippen MR) is 73.2 cm³/mol. The van der Waals surface area contributed by atoms with Gasteiger partial charge in [0.05, 0.1) is 10.5 Å². The molecule has 0 bridgehead atoms. The van der Waals surface area contributed by atoms with Gasteiger partial charge in [-0.3, -0.25) is 0 Å². The third-order valence-corrected chi connectivity index (χ3v) is 2.94. The number of fused-ring (bicyclic) bond motifs is 1. The van der Waals surface area contributed by atoms with Crippen LogP contribution in [-0.4, -0.2) is 15.0 Å². The lowest BCUT2D eigenvalue weighted by Crippen LogP contribution is -1.89. The molecule has 0 saturated heterocycles. The first kappa shape index (κ1) is 10.9. The molecule has 5 N–H and O–H groups in total. The first-order valence-electron chi connectivity index (χ1n) is 5.31. The number of nitrogens with zero attached hydrogens (tertiary/aromatic N) is 2. The number of aromatic amines is 1. The van der Waals surface area contributed by atoms with Crippen molar-refractivity contribution in [3.8, 4) is 11.4 Å². The number of pyridine rings is 1. The quantitative estimate of drug-likeness (QED) is 0.585. The van der Waals surface area contributed by atoms with E-state index in [1.807, 2.05) is 6.07 Å². The average molecular weight is 260 g/mol. The fourth-order valence-electron chi connectivity index (χ4n) is 1.76. The zero-order chi connectivity index (χ0) is 12.7. The number of nitrogen functional groups attached to an aromatic ring is 2. The van der Waals surface area contributed by atoms with E-state index in [-0.39, 0.29) is 0 Å². The molecule has 3 rings (SSSR count). The zero-order valence-corrected chi connectivity index (χ0v) is 10.1. The molecule has 6 heteroatoms. The van der Waals surface area contributed by atoms with E-state index < -0.39 is 0 Å². The summed E-state index contributed by atoms with van der Waals surface area (Å²) in [6.07, 6.45) is 0. The van der Waals surface area contributed by atoms with Crippen molar-refractivity contribution in [2.75, 3.05) is 11.5 Å². The maximum absolute atomic E-state index is 6.13. The van der Waals surface area contributed by atoms with Crippen LogP contribution in [0, 0.1) is 0 Å². The Labute approximate surface area is 108 Å². The molecule has 0 aliphatic heterocycles. The van der Waals surface area contributed by atoms with E-state index in [1.54, 1.807) is 24.3 Å². The van der Waals surface area contributed by atoms with E-state index in [2.05, 4.69) is 15.0 Å². The molecule has 2 aromatic heterocycles. The maximum Gasteiger partial charge on any atom is 0.180 e. The summed E-state index contributed by atoms with van der Waals surface area (Å²) in [6.45, 7) is 0. The van der Waals surface area contributed by atoms with Crippen molar-refractivity contribution in [3.63, 3.8) is 0 Å². The molecule has 0 spiro atoms. The van der Waals surface area contributed by atoms with E-state index in [0.717, 1.165) is 11.1 Å². The summed E-state index contributed by atoms with van der Waals surface area (Å²) in [5.41, 5.74) is 14.1. The molecule has 0 unspecified atom stereocenters. The van der Waals surface area contributed by atoms with E-state index >= 15 is 0 Å². The van der Waals surface area contributed by atoms with Crippen LogP contribution in [0.1, 0.15) is 0 Å². The van der Waals surface area contributed by atoms with E-state index in [1.165, 1.54) is 0 Å². The summed E-state index contributed by atoms with van der Waals surface area (Å²) in [7, 11) is 0. The lowest BCUT2D eigenvalue weighted by atomic mass is 10.2. The van der Waals surface area contributed by atoms with Crippen molar-refractivity contribution in [2.45, 2.75) is 0 Å². The van der Waals surface area contributed by atoms with Crippen LogP contribution in [0.4, 0.5) is 11.5 Å². The molecule has 0 atom stereocenters. The highest BCUT2D eigenvalue weighted by atomic mass is 35.5. The summed E-state index contributed by atoms with van der Waals surface area (Å²) < 4.78 is 0. The van der Waals surface area contributed by atoms with Crippen LogP contribution in [0.15, 0.2) is 30.3 Å². The van der Waals surface area contributed by atoms with Crippen molar-refractivity contribution >= 4 is 34.3 Å². The van der Waals surface area contributed by atoms with Crippen LogP contribution in [0.3, 0.4) is 0 Å². The Hall–Kier alpha value is -2.27. The maximum atomic E-state index is 6.13. The number of benzene rings is 1. The van der Waals surface area contributed by atoms with Crippen LogP contribution < -0.4 is 11.5 Å². The van der Waals surface area contributed by atoms with Crippen molar-refractivity contribution in [2.24, 2.45) is 0 Å². The van der Waals surface area contributed by atoms with Gasteiger partial charge in [0.1, 0.15) is 11.6 Å². The van der Waals surface area contributed by atoms with Crippen LogP contribution in [0.25, 0.3) is 22.6 Å². The van der Waals surface area contributed by atoms with Gasteiger partial charge in [-0.25, -0.2) is 9.97 Å². The smallest absolute Gasteiger partial charge is 0.180 e. The van der Waals surface area contributed by atoms with Crippen LogP contribution in [-0.2, 0) is 0 Å². The van der Waals surface area contributed by atoms with Gasteiger partial charge in [0.2, 0.25) is 0 Å². The van der Waals surface area contributed by atoms with Crippen molar-refractivity contribution in [3.05, 3.63) is 35.4 Å². The summed E-state index contributed by atoms with van der Waals surface area (Å²) >= 11 is 6.13. The number of hydrogen-bond donors (Lipinski definition) is 3. The Morgan fingerprint density at radius 2 is 1.89 bits per heavy atom. The van der Waals surface area contributed by atoms with Gasteiger partial charge in [-0.2, -0.15) is 0 Å². The topological polar surface area (TPSA) is 93.6 Å². The summed E-state index contributed by atoms with van der Waals surface area (Å²) in [5.74, 6) is 1.06. The van der Waals surface area contributed by atoms with Gasteiger partial charge in [-0.1, -0.05) is 11.6 Å². The van der Waals surface area contributed by atoms with Crippen molar-refractivity contribution in [1.29, 1.82) is 0 Å². The van der Waals surface area contributed by atoms with Crippen molar-refractivity contribution in [1.82, 2.24) is 15.0 Å². The van der Waals surface area contributed by atoms with Crippen LogP contribution >= 0.6 is 11.6 Å². The van der Waals surface area contributed by atoms with Gasteiger partial charge in [-0.15, -0.1) is 0 Å².